The van der Waals surface area contributed by atoms with Crippen LogP contribution in [0.5, 0.6) is 0 Å². The summed E-state index contributed by atoms with van der Waals surface area (Å²) in [6.07, 6.45) is 1.57. The quantitative estimate of drug-likeness (QED) is 0.351. The lowest BCUT2D eigenvalue weighted by atomic mass is 10.2. The highest BCUT2D eigenvalue weighted by molar-refractivity contribution is 6.08. The molecular weight excluding hydrogens is 86.9 g/mol. The Morgan fingerprint density at radius 3 is 2.71 bits per heavy atom. The van der Waals surface area contributed by atoms with Crippen LogP contribution < -0.4 is 11.1 Å². The average Bonchev–Trinajstić information content (AvgIpc) is 1.69. The van der Waals surface area contributed by atoms with Crippen LogP contribution in [-0.2, 0) is 0 Å². The van der Waals surface area contributed by atoms with E-state index in [1.807, 2.05) is 0 Å². The van der Waals surface area contributed by atoms with Gasteiger partial charge in [-0.1, -0.05) is 0 Å². The monoisotopic (exact) mass is 98.1 g/mol. The Morgan fingerprint density at radius 2 is 2.29 bits per heavy atom. The van der Waals surface area contributed by atoms with Gasteiger partial charge in [0.25, 0.3) is 0 Å². The molecule has 0 spiro atoms. The molecular formula is C4H11BN2. The molecule has 0 bridgehead atoms. The lowest BCUT2D eigenvalue weighted by Crippen LogP contribution is -2.18. The summed E-state index contributed by atoms with van der Waals surface area (Å²) >= 11 is 0. The highest BCUT2D eigenvalue weighted by atomic mass is 14.8. The Balaban J connectivity index is 2.45. The van der Waals surface area contributed by atoms with Crippen molar-refractivity contribution in [3.8, 4) is 0 Å². The smallest absolute Gasteiger partial charge is 0.0859 e. The third kappa shape index (κ3) is 5.98. The Labute approximate surface area is 45.9 Å². The van der Waals surface area contributed by atoms with Crippen LogP contribution >= 0.6 is 0 Å². The molecule has 0 heterocycles. The van der Waals surface area contributed by atoms with Crippen LogP contribution in [0.1, 0.15) is 6.42 Å². The predicted octanol–water partition coefficient (Wildman–Crippen LogP) is -0.949. The Hall–Kier alpha value is -0.0151. The molecule has 0 atom stereocenters. The average molecular weight is 98.0 g/mol. The standard InChI is InChI=1S/C4H11BN2/c5-4-7-3-1-2-6/h7H,1-4,6H2. The van der Waals surface area contributed by atoms with Crippen molar-refractivity contribution in [1.29, 1.82) is 0 Å². The molecule has 0 rings (SSSR count). The van der Waals surface area contributed by atoms with E-state index in [9.17, 15) is 0 Å². The van der Waals surface area contributed by atoms with Crippen LogP contribution in [-0.4, -0.2) is 27.4 Å². The minimum atomic E-state index is 0.556. The van der Waals surface area contributed by atoms with E-state index in [0.29, 0.717) is 6.44 Å². The second-order valence-corrected chi connectivity index (χ2v) is 1.35. The van der Waals surface area contributed by atoms with Gasteiger partial charge in [0.1, 0.15) is 0 Å². The van der Waals surface area contributed by atoms with Gasteiger partial charge >= 0.3 is 0 Å². The Kier molecular flexibility index (Phi) is 5.97. The second kappa shape index (κ2) is 5.98. The lowest BCUT2D eigenvalue weighted by Gasteiger charge is -1.95. The van der Waals surface area contributed by atoms with Crippen molar-refractivity contribution >= 4 is 7.85 Å². The molecule has 2 nitrogen and oxygen atoms in total. The van der Waals surface area contributed by atoms with Gasteiger partial charge in [0.15, 0.2) is 0 Å². The minimum Gasteiger partial charge on any atom is -0.330 e. The first-order valence-electron chi connectivity index (χ1n) is 2.52. The van der Waals surface area contributed by atoms with Crippen molar-refractivity contribution in [2.24, 2.45) is 5.73 Å². The molecule has 40 valence electrons. The number of rotatable bonds is 4. The van der Waals surface area contributed by atoms with Crippen LogP contribution in [0.2, 0.25) is 0 Å². The van der Waals surface area contributed by atoms with Gasteiger partial charge in [-0.2, -0.15) is 0 Å². The van der Waals surface area contributed by atoms with Crippen LogP contribution in [0.15, 0.2) is 0 Å². The molecule has 0 aliphatic carbocycles. The molecule has 0 fully saturated rings. The molecule has 0 aliphatic heterocycles. The largest absolute Gasteiger partial charge is 0.330 e. The van der Waals surface area contributed by atoms with E-state index in [2.05, 4.69) is 5.32 Å². The Bertz CT molecular complexity index is 28.9. The summed E-state index contributed by atoms with van der Waals surface area (Å²) < 4.78 is 0. The van der Waals surface area contributed by atoms with Gasteiger partial charge in [-0.05, 0) is 26.0 Å². The van der Waals surface area contributed by atoms with Crippen molar-refractivity contribution in [1.82, 2.24) is 5.32 Å². The molecule has 0 amide bonds. The molecule has 0 saturated heterocycles. The number of nitrogens with one attached hydrogen (secondary N) is 1. The topological polar surface area (TPSA) is 38.0 Å². The van der Waals surface area contributed by atoms with E-state index < -0.39 is 0 Å². The predicted molar refractivity (Wildman–Crippen MR) is 32.3 cm³/mol. The van der Waals surface area contributed by atoms with Gasteiger partial charge in [-0.25, -0.2) is 0 Å². The third-order valence-electron chi connectivity index (χ3n) is 0.702. The highest BCUT2D eigenvalue weighted by Gasteiger charge is 1.77. The van der Waals surface area contributed by atoms with Crippen LogP contribution in [0.3, 0.4) is 0 Å². The SMILES string of the molecule is [B]CNCCCN. The maximum Gasteiger partial charge on any atom is 0.0859 e. The zero-order valence-electron chi connectivity index (χ0n) is 4.48. The van der Waals surface area contributed by atoms with Crippen LogP contribution in [0.4, 0.5) is 0 Å². The van der Waals surface area contributed by atoms with Gasteiger partial charge in [0, 0.05) is 0 Å². The van der Waals surface area contributed by atoms with Gasteiger partial charge in [-0.3, -0.25) is 0 Å². The Morgan fingerprint density at radius 1 is 1.57 bits per heavy atom. The molecule has 0 aliphatic rings. The van der Waals surface area contributed by atoms with E-state index in [1.165, 1.54) is 0 Å². The van der Waals surface area contributed by atoms with Gasteiger partial charge in [-0.15, -0.1) is 0 Å². The summed E-state index contributed by atoms with van der Waals surface area (Å²) in [7, 11) is 5.12. The van der Waals surface area contributed by atoms with Crippen molar-refractivity contribution in [3.05, 3.63) is 0 Å². The van der Waals surface area contributed by atoms with E-state index in [-0.39, 0.29) is 0 Å². The zero-order chi connectivity index (χ0) is 5.54. The molecule has 0 aromatic carbocycles. The van der Waals surface area contributed by atoms with Crippen molar-refractivity contribution in [2.75, 3.05) is 19.5 Å². The molecule has 0 aromatic rings. The van der Waals surface area contributed by atoms with Crippen LogP contribution in [0.25, 0.3) is 0 Å². The summed E-state index contributed by atoms with van der Waals surface area (Å²) in [6, 6.07) is 0. The van der Waals surface area contributed by atoms with E-state index in [0.717, 1.165) is 19.5 Å². The van der Waals surface area contributed by atoms with Gasteiger partial charge in [0.2, 0.25) is 0 Å². The van der Waals surface area contributed by atoms with E-state index >= 15 is 0 Å². The fourth-order valence-corrected chi connectivity index (χ4v) is 0.329. The molecule has 0 unspecified atom stereocenters. The molecule has 3 N–H and O–H groups in total. The first-order chi connectivity index (χ1) is 3.41. The van der Waals surface area contributed by atoms with Crippen molar-refractivity contribution < 1.29 is 0 Å². The fraction of sp³-hybridized carbons (Fsp3) is 1.00. The van der Waals surface area contributed by atoms with E-state index in [1.54, 1.807) is 0 Å². The molecule has 0 aromatic heterocycles. The number of nitrogens with two attached hydrogens (primary N) is 1. The highest BCUT2D eigenvalue weighted by Crippen LogP contribution is 1.64. The minimum absolute atomic E-state index is 0.556. The summed E-state index contributed by atoms with van der Waals surface area (Å²) in [5.41, 5.74) is 5.19. The van der Waals surface area contributed by atoms with Crippen molar-refractivity contribution in [2.45, 2.75) is 6.42 Å². The summed E-state index contributed by atoms with van der Waals surface area (Å²) in [5, 5.41) is 2.95. The number of hydrogen-bond acceptors (Lipinski definition) is 2. The number of hydrogen-bond donors (Lipinski definition) is 2. The van der Waals surface area contributed by atoms with Gasteiger partial charge in [0.05, 0.1) is 7.85 Å². The normalized spacial score (nSPS) is 9.29. The first kappa shape index (κ1) is 6.98. The summed E-state index contributed by atoms with van der Waals surface area (Å²) in [4.78, 5) is 0. The maximum absolute atomic E-state index is 5.19. The fourth-order valence-electron chi connectivity index (χ4n) is 0.329. The first-order valence-corrected chi connectivity index (χ1v) is 2.52. The van der Waals surface area contributed by atoms with Crippen molar-refractivity contribution in [3.63, 3.8) is 0 Å². The molecule has 0 saturated carbocycles. The molecule has 2 radical (unpaired) electrons. The zero-order valence-corrected chi connectivity index (χ0v) is 4.48. The second-order valence-electron chi connectivity index (χ2n) is 1.35. The summed E-state index contributed by atoms with van der Waals surface area (Å²) in [5.74, 6) is 0. The molecule has 7 heavy (non-hydrogen) atoms. The lowest BCUT2D eigenvalue weighted by molar-refractivity contribution is 0.718. The van der Waals surface area contributed by atoms with E-state index in [4.69, 9.17) is 13.6 Å². The summed E-state index contributed by atoms with van der Waals surface area (Å²) in [6.45, 7) is 1.68. The third-order valence-corrected chi connectivity index (χ3v) is 0.702. The molecule has 3 heteroatoms. The van der Waals surface area contributed by atoms with Gasteiger partial charge < -0.3 is 11.1 Å². The van der Waals surface area contributed by atoms with Crippen LogP contribution in [0, 0.1) is 0 Å². The maximum atomic E-state index is 5.19.